The van der Waals surface area contributed by atoms with Gasteiger partial charge in [0.05, 0.1) is 4.47 Å². The third-order valence-corrected chi connectivity index (χ3v) is 3.79. The monoisotopic (exact) mass is 283 g/mol. The standard InChI is InChI=1S/C12H18BrN3/c1-12(2)5-3-4-9(6-12)16-11-10(13)7-14-8-15-11/h7-9H,3-6H2,1-2H3,(H,14,15,16). The summed E-state index contributed by atoms with van der Waals surface area (Å²) in [5, 5.41) is 3.51. The zero-order chi connectivity index (χ0) is 11.6. The van der Waals surface area contributed by atoms with Gasteiger partial charge in [0.25, 0.3) is 0 Å². The van der Waals surface area contributed by atoms with E-state index >= 15 is 0 Å². The molecule has 1 N–H and O–H groups in total. The lowest BCUT2D eigenvalue weighted by Gasteiger charge is -2.35. The molecular formula is C12H18BrN3. The Balaban J connectivity index is 2.02. The van der Waals surface area contributed by atoms with E-state index in [0.29, 0.717) is 11.5 Å². The summed E-state index contributed by atoms with van der Waals surface area (Å²) in [6.45, 7) is 4.69. The van der Waals surface area contributed by atoms with Crippen LogP contribution in [-0.2, 0) is 0 Å². The number of halogens is 1. The number of rotatable bonds is 2. The lowest BCUT2D eigenvalue weighted by Crippen LogP contribution is -2.32. The van der Waals surface area contributed by atoms with E-state index in [1.807, 2.05) is 0 Å². The largest absolute Gasteiger partial charge is 0.366 e. The molecule has 1 aromatic rings. The molecule has 1 heterocycles. The van der Waals surface area contributed by atoms with Gasteiger partial charge in [-0.25, -0.2) is 9.97 Å². The second kappa shape index (κ2) is 4.70. The molecule has 16 heavy (non-hydrogen) atoms. The van der Waals surface area contributed by atoms with Crippen LogP contribution in [0.2, 0.25) is 0 Å². The Kier molecular flexibility index (Phi) is 3.47. The molecule has 88 valence electrons. The summed E-state index contributed by atoms with van der Waals surface area (Å²) in [5.74, 6) is 0.915. The van der Waals surface area contributed by atoms with Gasteiger partial charge in [-0.15, -0.1) is 0 Å². The van der Waals surface area contributed by atoms with Crippen LogP contribution in [-0.4, -0.2) is 16.0 Å². The van der Waals surface area contributed by atoms with Gasteiger partial charge >= 0.3 is 0 Å². The third kappa shape index (κ3) is 2.94. The first kappa shape index (κ1) is 11.8. The maximum atomic E-state index is 4.25. The highest BCUT2D eigenvalue weighted by Crippen LogP contribution is 2.36. The molecule has 0 aromatic carbocycles. The molecule has 1 fully saturated rings. The molecule has 0 spiro atoms. The smallest absolute Gasteiger partial charge is 0.143 e. The van der Waals surface area contributed by atoms with E-state index in [-0.39, 0.29) is 0 Å². The summed E-state index contributed by atoms with van der Waals surface area (Å²) >= 11 is 3.46. The molecule has 0 radical (unpaired) electrons. The summed E-state index contributed by atoms with van der Waals surface area (Å²) in [7, 11) is 0. The molecule has 2 rings (SSSR count). The molecule has 4 heteroatoms. The number of hydrogen-bond acceptors (Lipinski definition) is 3. The first-order chi connectivity index (χ1) is 7.57. The van der Waals surface area contributed by atoms with Crippen molar-refractivity contribution in [3.05, 3.63) is 17.0 Å². The fourth-order valence-electron chi connectivity index (χ4n) is 2.43. The highest BCUT2D eigenvalue weighted by atomic mass is 79.9. The zero-order valence-corrected chi connectivity index (χ0v) is 11.4. The van der Waals surface area contributed by atoms with Crippen LogP contribution in [0.5, 0.6) is 0 Å². The highest BCUT2D eigenvalue weighted by molar-refractivity contribution is 9.10. The van der Waals surface area contributed by atoms with Gasteiger partial charge in [-0.3, -0.25) is 0 Å². The molecule has 0 amide bonds. The summed E-state index contributed by atoms with van der Waals surface area (Å²) < 4.78 is 0.943. The van der Waals surface area contributed by atoms with Gasteiger partial charge in [-0.1, -0.05) is 20.3 Å². The second-order valence-electron chi connectivity index (χ2n) is 5.32. The van der Waals surface area contributed by atoms with Gasteiger partial charge in [0, 0.05) is 12.2 Å². The molecule has 3 nitrogen and oxygen atoms in total. The van der Waals surface area contributed by atoms with Gasteiger partial charge in [0.1, 0.15) is 12.1 Å². The highest BCUT2D eigenvalue weighted by Gasteiger charge is 2.28. The molecule has 1 aliphatic carbocycles. The molecule has 0 aliphatic heterocycles. The SMILES string of the molecule is CC1(C)CCCC(Nc2ncncc2Br)C1. The number of anilines is 1. The topological polar surface area (TPSA) is 37.8 Å². The fraction of sp³-hybridized carbons (Fsp3) is 0.667. The van der Waals surface area contributed by atoms with Crippen molar-refractivity contribution < 1.29 is 0 Å². The van der Waals surface area contributed by atoms with Crippen LogP contribution < -0.4 is 5.32 Å². The first-order valence-corrected chi connectivity index (χ1v) is 6.58. The van der Waals surface area contributed by atoms with E-state index in [9.17, 15) is 0 Å². The van der Waals surface area contributed by atoms with Crippen molar-refractivity contribution in [1.82, 2.24) is 9.97 Å². The van der Waals surface area contributed by atoms with Crippen molar-refractivity contribution in [2.75, 3.05) is 5.32 Å². The third-order valence-electron chi connectivity index (χ3n) is 3.21. The molecule has 1 aliphatic rings. The fourth-order valence-corrected chi connectivity index (χ4v) is 2.77. The van der Waals surface area contributed by atoms with Crippen LogP contribution in [0.25, 0.3) is 0 Å². The minimum absolute atomic E-state index is 0.454. The predicted molar refractivity (Wildman–Crippen MR) is 69.4 cm³/mol. The van der Waals surface area contributed by atoms with E-state index in [1.165, 1.54) is 25.7 Å². The molecule has 0 saturated heterocycles. The van der Waals surface area contributed by atoms with Crippen molar-refractivity contribution >= 4 is 21.7 Å². The quantitative estimate of drug-likeness (QED) is 0.901. The summed E-state index contributed by atoms with van der Waals surface area (Å²) in [6, 6.07) is 0.537. The zero-order valence-electron chi connectivity index (χ0n) is 9.83. The van der Waals surface area contributed by atoms with Crippen LogP contribution in [0.1, 0.15) is 39.5 Å². The molecular weight excluding hydrogens is 266 g/mol. The second-order valence-corrected chi connectivity index (χ2v) is 6.18. The van der Waals surface area contributed by atoms with E-state index in [2.05, 4.69) is 45.1 Å². The Labute approximate surface area is 105 Å². The van der Waals surface area contributed by atoms with Crippen molar-refractivity contribution in [2.24, 2.45) is 5.41 Å². The lowest BCUT2D eigenvalue weighted by atomic mass is 9.75. The van der Waals surface area contributed by atoms with Gasteiger partial charge in [0.2, 0.25) is 0 Å². The Morgan fingerprint density at radius 2 is 2.31 bits per heavy atom. The number of nitrogens with one attached hydrogen (secondary N) is 1. The summed E-state index contributed by atoms with van der Waals surface area (Å²) in [6.07, 6.45) is 8.44. The summed E-state index contributed by atoms with van der Waals surface area (Å²) in [5.41, 5.74) is 0.454. The van der Waals surface area contributed by atoms with Gasteiger partial charge in [-0.05, 0) is 40.6 Å². The van der Waals surface area contributed by atoms with Crippen molar-refractivity contribution in [3.8, 4) is 0 Å². The van der Waals surface area contributed by atoms with Crippen molar-refractivity contribution in [2.45, 2.75) is 45.6 Å². The normalized spacial score (nSPS) is 24.1. The van der Waals surface area contributed by atoms with Crippen LogP contribution in [0, 0.1) is 5.41 Å². The Morgan fingerprint density at radius 3 is 3.00 bits per heavy atom. The number of aromatic nitrogens is 2. The van der Waals surface area contributed by atoms with Crippen LogP contribution in [0.4, 0.5) is 5.82 Å². The minimum atomic E-state index is 0.454. The van der Waals surface area contributed by atoms with E-state index in [1.54, 1.807) is 12.5 Å². The van der Waals surface area contributed by atoms with E-state index in [4.69, 9.17) is 0 Å². The molecule has 0 bridgehead atoms. The average molecular weight is 284 g/mol. The Morgan fingerprint density at radius 1 is 1.50 bits per heavy atom. The van der Waals surface area contributed by atoms with Crippen LogP contribution in [0.15, 0.2) is 17.0 Å². The lowest BCUT2D eigenvalue weighted by molar-refractivity contribution is 0.229. The van der Waals surface area contributed by atoms with E-state index < -0.39 is 0 Å². The van der Waals surface area contributed by atoms with E-state index in [0.717, 1.165) is 10.3 Å². The molecule has 1 aromatic heterocycles. The first-order valence-electron chi connectivity index (χ1n) is 5.79. The van der Waals surface area contributed by atoms with Gasteiger partial charge in [0.15, 0.2) is 0 Å². The number of hydrogen-bond donors (Lipinski definition) is 1. The van der Waals surface area contributed by atoms with Crippen LogP contribution in [0.3, 0.4) is 0 Å². The Bertz CT molecular complexity index is 365. The molecule has 1 atom stereocenters. The molecule has 1 unspecified atom stereocenters. The maximum absolute atomic E-state index is 4.25. The van der Waals surface area contributed by atoms with Gasteiger partial charge < -0.3 is 5.32 Å². The van der Waals surface area contributed by atoms with Crippen molar-refractivity contribution in [3.63, 3.8) is 0 Å². The minimum Gasteiger partial charge on any atom is -0.366 e. The maximum Gasteiger partial charge on any atom is 0.143 e. The average Bonchev–Trinajstić information content (AvgIpc) is 2.20. The van der Waals surface area contributed by atoms with Gasteiger partial charge in [-0.2, -0.15) is 0 Å². The molecule has 1 saturated carbocycles. The Hall–Kier alpha value is -0.640. The predicted octanol–water partition coefficient (Wildman–Crippen LogP) is 3.62. The summed E-state index contributed by atoms with van der Waals surface area (Å²) in [4.78, 5) is 8.22. The van der Waals surface area contributed by atoms with Crippen LogP contribution >= 0.6 is 15.9 Å². The number of nitrogens with zero attached hydrogens (tertiary/aromatic N) is 2. The van der Waals surface area contributed by atoms with Crippen molar-refractivity contribution in [1.29, 1.82) is 0 Å².